The summed E-state index contributed by atoms with van der Waals surface area (Å²) >= 11 is 1.39. The molecule has 1 aliphatic heterocycles. The Hall–Kier alpha value is -2.74. The summed E-state index contributed by atoms with van der Waals surface area (Å²) in [6, 6.07) is 11.1. The second-order valence-electron chi connectivity index (χ2n) is 6.91. The van der Waals surface area contributed by atoms with Crippen molar-refractivity contribution in [2.24, 2.45) is 0 Å². The van der Waals surface area contributed by atoms with Gasteiger partial charge in [-0.3, -0.25) is 9.36 Å². The molecule has 0 spiro atoms. The number of anilines is 1. The van der Waals surface area contributed by atoms with Gasteiger partial charge >= 0.3 is 0 Å². The molecule has 2 aromatic heterocycles. The minimum absolute atomic E-state index is 0.000443. The highest BCUT2D eigenvalue weighted by molar-refractivity contribution is 7.99. The van der Waals surface area contributed by atoms with Crippen LogP contribution >= 0.6 is 11.8 Å². The second kappa shape index (κ2) is 9.17. The minimum atomic E-state index is -0.000443. The lowest BCUT2D eigenvalue weighted by Gasteiger charge is -2.27. The molecule has 0 aliphatic carbocycles. The first kappa shape index (κ1) is 19.6. The van der Waals surface area contributed by atoms with Gasteiger partial charge in [0.15, 0.2) is 10.9 Å². The van der Waals surface area contributed by atoms with Crippen LogP contribution < -0.4 is 9.64 Å². The van der Waals surface area contributed by atoms with Crippen LogP contribution in [0.4, 0.5) is 5.95 Å². The van der Waals surface area contributed by atoms with Crippen molar-refractivity contribution in [2.45, 2.75) is 31.0 Å². The van der Waals surface area contributed by atoms with Crippen LogP contribution in [-0.2, 0) is 6.54 Å². The first-order valence-electron chi connectivity index (χ1n) is 9.76. The molecule has 152 valence electrons. The highest BCUT2D eigenvalue weighted by atomic mass is 32.2. The summed E-state index contributed by atoms with van der Waals surface area (Å²) < 4.78 is 12.9. The number of furan rings is 1. The summed E-state index contributed by atoms with van der Waals surface area (Å²) in [5.74, 6) is 2.52. The summed E-state index contributed by atoms with van der Waals surface area (Å²) in [6.07, 6.45) is 5.22. The molecule has 3 aromatic rings. The zero-order valence-corrected chi connectivity index (χ0v) is 17.2. The van der Waals surface area contributed by atoms with Crippen LogP contribution in [0.25, 0.3) is 0 Å². The normalized spacial score (nSPS) is 14.2. The number of hydrogen-bond donors (Lipinski definition) is 0. The van der Waals surface area contributed by atoms with Crippen LogP contribution in [0, 0.1) is 0 Å². The van der Waals surface area contributed by atoms with Crippen molar-refractivity contribution in [1.29, 1.82) is 0 Å². The molecule has 0 saturated carbocycles. The molecule has 1 aliphatic rings. The third kappa shape index (κ3) is 4.48. The number of benzene rings is 1. The van der Waals surface area contributed by atoms with Gasteiger partial charge in [-0.2, -0.15) is 0 Å². The van der Waals surface area contributed by atoms with Crippen molar-refractivity contribution in [2.75, 3.05) is 30.9 Å². The Morgan fingerprint density at radius 3 is 2.72 bits per heavy atom. The van der Waals surface area contributed by atoms with Gasteiger partial charge in [0, 0.05) is 13.1 Å². The summed E-state index contributed by atoms with van der Waals surface area (Å²) in [5.41, 5.74) is 0.579. The maximum atomic E-state index is 12.7. The van der Waals surface area contributed by atoms with Crippen molar-refractivity contribution in [1.82, 2.24) is 14.8 Å². The number of Topliss-reactive ketones (excluding diaryl/α,β-unsaturated/α-hetero) is 1. The molecular weight excluding hydrogens is 388 g/mol. The molecule has 1 fully saturated rings. The van der Waals surface area contributed by atoms with Crippen molar-refractivity contribution in [3.8, 4) is 5.75 Å². The topological polar surface area (TPSA) is 73.4 Å². The number of methoxy groups -OCH3 is 1. The first-order chi connectivity index (χ1) is 14.3. The van der Waals surface area contributed by atoms with Crippen molar-refractivity contribution < 1.29 is 13.9 Å². The molecule has 8 heteroatoms. The number of para-hydroxylation sites is 1. The fraction of sp³-hybridized carbons (Fsp3) is 0.381. The van der Waals surface area contributed by atoms with Crippen LogP contribution in [-0.4, -0.2) is 46.5 Å². The standard InChI is InChI=1S/C21H24N4O3S/c1-27-19-10-4-3-9-17(19)18(26)15-29-21-23-22-20(24-11-5-2-6-12-24)25(21)14-16-8-7-13-28-16/h3-4,7-10,13H,2,5-6,11-12,14-15H2,1H3. The van der Waals surface area contributed by atoms with Crippen LogP contribution in [0.5, 0.6) is 5.75 Å². The van der Waals surface area contributed by atoms with Crippen molar-refractivity contribution in [3.05, 3.63) is 54.0 Å². The summed E-state index contributed by atoms with van der Waals surface area (Å²) in [7, 11) is 1.57. The van der Waals surface area contributed by atoms with E-state index in [1.807, 2.05) is 28.8 Å². The minimum Gasteiger partial charge on any atom is -0.496 e. The molecule has 0 N–H and O–H groups in total. The SMILES string of the molecule is COc1ccccc1C(=O)CSc1nnc(N2CCCCC2)n1Cc1ccco1. The predicted octanol–water partition coefficient (Wildman–Crippen LogP) is 3.89. The second-order valence-corrected chi connectivity index (χ2v) is 7.85. The van der Waals surface area contributed by atoms with E-state index in [4.69, 9.17) is 9.15 Å². The van der Waals surface area contributed by atoms with E-state index < -0.39 is 0 Å². The molecule has 0 bridgehead atoms. The molecule has 0 unspecified atom stereocenters. The molecule has 7 nitrogen and oxygen atoms in total. The Morgan fingerprint density at radius 2 is 1.97 bits per heavy atom. The molecule has 0 amide bonds. The van der Waals surface area contributed by atoms with Gasteiger partial charge in [-0.25, -0.2) is 0 Å². The van der Waals surface area contributed by atoms with Gasteiger partial charge in [-0.1, -0.05) is 23.9 Å². The molecule has 3 heterocycles. The van der Waals surface area contributed by atoms with Gasteiger partial charge in [0.25, 0.3) is 0 Å². The lowest BCUT2D eigenvalue weighted by Crippen LogP contribution is -2.32. The lowest BCUT2D eigenvalue weighted by atomic mass is 10.1. The molecule has 0 radical (unpaired) electrons. The number of carbonyl (C=O) groups is 1. The number of carbonyl (C=O) groups excluding carboxylic acids is 1. The maximum Gasteiger partial charge on any atom is 0.228 e. The number of ether oxygens (including phenoxy) is 1. The van der Waals surface area contributed by atoms with Crippen LogP contribution in [0.2, 0.25) is 0 Å². The smallest absolute Gasteiger partial charge is 0.228 e. The molecule has 1 saturated heterocycles. The van der Waals surface area contributed by atoms with E-state index in [9.17, 15) is 4.79 Å². The monoisotopic (exact) mass is 412 g/mol. The Labute approximate surface area is 174 Å². The maximum absolute atomic E-state index is 12.7. The third-order valence-corrected chi connectivity index (χ3v) is 5.94. The van der Waals surface area contributed by atoms with Gasteiger partial charge in [0.2, 0.25) is 5.95 Å². The molecule has 4 rings (SSSR count). The zero-order valence-electron chi connectivity index (χ0n) is 16.4. The largest absolute Gasteiger partial charge is 0.496 e. The van der Waals surface area contributed by atoms with Crippen molar-refractivity contribution >= 4 is 23.5 Å². The molecule has 0 atom stereocenters. The molecule has 29 heavy (non-hydrogen) atoms. The van der Waals surface area contributed by atoms with Gasteiger partial charge in [0.05, 0.1) is 31.2 Å². The van der Waals surface area contributed by atoms with Crippen LogP contribution in [0.15, 0.2) is 52.2 Å². The van der Waals surface area contributed by atoms with E-state index in [-0.39, 0.29) is 11.5 Å². The summed E-state index contributed by atoms with van der Waals surface area (Å²) in [5, 5.41) is 9.55. The average molecular weight is 413 g/mol. The Morgan fingerprint density at radius 1 is 1.14 bits per heavy atom. The van der Waals surface area contributed by atoms with Gasteiger partial charge in [-0.05, 0) is 43.5 Å². The fourth-order valence-corrected chi connectivity index (χ4v) is 4.31. The Bertz CT molecular complexity index is 949. The van der Waals surface area contributed by atoms with Gasteiger partial charge in [0.1, 0.15) is 11.5 Å². The van der Waals surface area contributed by atoms with E-state index >= 15 is 0 Å². The molecule has 1 aromatic carbocycles. The van der Waals surface area contributed by atoms with Gasteiger partial charge in [-0.15, -0.1) is 10.2 Å². The number of hydrogen-bond acceptors (Lipinski definition) is 7. The zero-order chi connectivity index (χ0) is 20.1. The van der Waals surface area contributed by atoms with E-state index in [0.717, 1.165) is 37.6 Å². The van der Waals surface area contributed by atoms with E-state index in [2.05, 4.69) is 15.1 Å². The van der Waals surface area contributed by atoms with E-state index in [0.29, 0.717) is 23.0 Å². The van der Waals surface area contributed by atoms with Crippen molar-refractivity contribution in [3.63, 3.8) is 0 Å². The third-order valence-electron chi connectivity index (χ3n) is 4.97. The van der Waals surface area contributed by atoms with Gasteiger partial charge < -0.3 is 14.1 Å². The Kier molecular flexibility index (Phi) is 6.19. The quantitative estimate of drug-likeness (QED) is 0.410. The Balaban J connectivity index is 1.54. The fourth-order valence-electron chi connectivity index (χ4n) is 3.50. The lowest BCUT2D eigenvalue weighted by molar-refractivity contribution is 0.101. The predicted molar refractivity (Wildman–Crippen MR) is 112 cm³/mol. The number of aromatic nitrogens is 3. The number of rotatable bonds is 8. The summed E-state index contributed by atoms with van der Waals surface area (Å²) in [6.45, 7) is 2.49. The number of ketones is 1. The highest BCUT2D eigenvalue weighted by Crippen LogP contribution is 2.27. The number of nitrogens with zero attached hydrogens (tertiary/aromatic N) is 4. The number of piperidine rings is 1. The first-order valence-corrected chi connectivity index (χ1v) is 10.7. The summed E-state index contributed by atoms with van der Waals surface area (Å²) in [4.78, 5) is 15.0. The van der Waals surface area contributed by atoms with E-state index in [1.165, 1.54) is 18.2 Å². The van der Waals surface area contributed by atoms with E-state index in [1.54, 1.807) is 25.5 Å². The van der Waals surface area contributed by atoms with Crippen LogP contribution in [0.1, 0.15) is 35.4 Å². The van der Waals surface area contributed by atoms with Crippen LogP contribution in [0.3, 0.4) is 0 Å². The molecular formula is C21H24N4O3S. The number of thioether (sulfide) groups is 1. The highest BCUT2D eigenvalue weighted by Gasteiger charge is 2.22. The average Bonchev–Trinajstić information content (AvgIpc) is 3.43.